The molecule has 4 aromatic rings. The van der Waals surface area contributed by atoms with Gasteiger partial charge in [0.25, 0.3) is 0 Å². The van der Waals surface area contributed by atoms with Crippen LogP contribution < -0.4 is 14.2 Å². The molecule has 3 aromatic heterocycles. The number of methoxy groups -OCH3 is 2. The Balaban J connectivity index is 1.79. The van der Waals surface area contributed by atoms with Crippen LogP contribution in [0.25, 0.3) is 17.2 Å². The molecular formula is C21H21FN8O4S. The second-order valence-electron chi connectivity index (χ2n) is 7.26. The van der Waals surface area contributed by atoms with Gasteiger partial charge in [0.1, 0.15) is 28.7 Å². The van der Waals surface area contributed by atoms with E-state index in [4.69, 9.17) is 9.47 Å². The molecule has 0 aliphatic heterocycles. The normalized spacial score (nSPS) is 12.2. The van der Waals surface area contributed by atoms with E-state index in [9.17, 15) is 12.8 Å². The Morgan fingerprint density at radius 3 is 2.31 bits per heavy atom. The molecule has 0 fully saturated rings. The summed E-state index contributed by atoms with van der Waals surface area (Å²) < 4.78 is 54.4. The van der Waals surface area contributed by atoms with Gasteiger partial charge in [0.05, 0.1) is 38.1 Å². The third-order valence-corrected chi connectivity index (χ3v) is 6.68. The van der Waals surface area contributed by atoms with E-state index in [2.05, 4.69) is 34.9 Å². The van der Waals surface area contributed by atoms with E-state index in [0.29, 0.717) is 22.9 Å². The molecule has 0 aliphatic rings. The predicted octanol–water partition coefficient (Wildman–Crippen LogP) is 2.04. The number of hydrogen-bond donors (Lipinski definition) is 1. The highest BCUT2D eigenvalue weighted by molar-refractivity contribution is 7.93. The van der Waals surface area contributed by atoms with E-state index in [1.54, 1.807) is 18.2 Å². The van der Waals surface area contributed by atoms with Gasteiger partial charge in [-0.15, -0.1) is 10.2 Å². The number of benzene rings is 1. The fourth-order valence-electron chi connectivity index (χ4n) is 3.23. The monoisotopic (exact) mass is 500 g/mol. The number of anilines is 1. The Kier molecular flexibility index (Phi) is 6.82. The summed E-state index contributed by atoms with van der Waals surface area (Å²) in [7, 11) is -1.08. The molecule has 1 N–H and O–H groups in total. The average molecular weight is 501 g/mol. The van der Waals surface area contributed by atoms with Crippen molar-refractivity contribution < 1.29 is 22.3 Å². The summed E-state index contributed by atoms with van der Waals surface area (Å²) >= 11 is 0. The number of halogens is 1. The summed E-state index contributed by atoms with van der Waals surface area (Å²) in [6, 6.07) is 5.10. The van der Waals surface area contributed by atoms with Crippen LogP contribution in [0.5, 0.6) is 11.5 Å². The molecule has 14 heteroatoms. The zero-order valence-electron chi connectivity index (χ0n) is 19.0. The maximum atomic E-state index is 13.2. The SMILES string of the molecule is COc1cccc(OC)c1-n1c(NS(=O)(=O)C(C)Cc2ncc(F)cn2)nnc1-c1cnccn1. The molecule has 0 spiro atoms. The van der Waals surface area contributed by atoms with Crippen LogP contribution in [0.2, 0.25) is 0 Å². The van der Waals surface area contributed by atoms with E-state index in [1.807, 2.05) is 0 Å². The number of ether oxygens (including phenoxy) is 2. The van der Waals surface area contributed by atoms with Gasteiger partial charge in [-0.2, -0.15) is 0 Å². The molecule has 4 rings (SSSR count). The van der Waals surface area contributed by atoms with Crippen LogP contribution in [0.4, 0.5) is 10.3 Å². The first-order valence-electron chi connectivity index (χ1n) is 10.2. The minimum Gasteiger partial charge on any atom is -0.494 e. The molecule has 1 atom stereocenters. The summed E-state index contributed by atoms with van der Waals surface area (Å²) in [6.07, 6.45) is 6.34. The van der Waals surface area contributed by atoms with Gasteiger partial charge in [0, 0.05) is 18.8 Å². The molecule has 182 valence electrons. The maximum absolute atomic E-state index is 13.2. The smallest absolute Gasteiger partial charge is 0.243 e. The second-order valence-corrected chi connectivity index (χ2v) is 9.36. The molecule has 0 bridgehead atoms. The van der Waals surface area contributed by atoms with Crippen molar-refractivity contribution in [2.75, 3.05) is 18.9 Å². The van der Waals surface area contributed by atoms with Crippen LogP contribution >= 0.6 is 0 Å². The van der Waals surface area contributed by atoms with Crippen LogP contribution in [0.15, 0.2) is 49.2 Å². The predicted molar refractivity (Wildman–Crippen MR) is 123 cm³/mol. The Bertz CT molecular complexity index is 1390. The molecule has 1 unspecified atom stereocenters. The number of sulfonamides is 1. The van der Waals surface area contributed by atoms with Crippen molar-refractivity contribution in [1.29, 1.82) is 0 Å². The molecule has 1 aromatic carbocycles. The van der Waals surface area contributed by atoms with Gasteiger partial charge in [-0.05, 0) is 19.1 Å². The standard InChI is InChI=1S/C21H21FN8O4S/c1-13(9-18-25-10-14(22)11-26-18)35(31,32)29-21-28-27-20(15-12-23-7-8-24-15)30(21)19-16(33-2)5-4-6-17(19)34-3/h4-8,10-13H,9H2,1-3H3,(H,28,29). The molecule has 0 saturated carbocycles. The fourth-order valence-corrected chi connectivity index (χ4v) is 4.19. The molecule has 12 nitrogen and oxygen atoms in total. The number of nitrogens with one attached hydrogen (secondary N) is 1. The first-order valence-corrected chi connectivity index (χ1v) is 11.8. The fraction of sp³-hybridized carbons (Fsp3) is 0.238. The number of para-hydroxylation sites is 1. The summed E-state index contributed by atoms with van der Waals surface area (Å²) in [5, 5.41) is 7.24. The number of nitrogens with zero attached hydrogens (tertiary/aromatic N) is 7. The lowest BCUT2D eigenvalue weighted by atomic mass is 10.2. The first kappa shape index (κ1) is 23.9. The minimum absolute atomic E-state index is 0.0568. The molecular weight excluding hydrogens is 479 g/mol. The van der Waals surface area contributed by atoms with Gasteiger partial charge in [-0.1, -0.05) is 6.07 Å². The topological polar surface area (TPSA) is 147 Å². The van der Waals surface area contributed by atoms with Gasteiger partial charge in [-0.3, -0.25) is 14.3 Å². The third-order valence-electron chi connectivity index (χ3n) is 4.99. The molecule has 0 radical (unpaired) electrons. The minimum atomic E-state index is -4.02. The molecule has 35 heavy (non-hydrogen) atoms. The zero-order chi connectivity index (χ0) is 25.0. The molecule has 3 heterocycles. The summed E-state index contributed by atoms with van der Waals surface area (Å²) in [5.41, 5.74) is 0.696. The van der Waals surface area contributed by atoms with Gasteiger partial charge >= 0.3 is 0 Å². The number of rotatable bonds is 9. The number of aromatic nitrogens is 7. The lowest BCUT2D eigenvalue weighted by Crippen LogP contribution is -2.29. The maximum Gasteiger partial charge on any atom is 0.243 e. The van der Waals surface area contributed by atoms with Crippen LogP contribution in [0.1, 0.15) is 12.7 Å². The highest BCUT2D eigenvalue weighted by atomic mass is 32.2. The summed E-state index contributed by atoms with van der Waals surface area (Å²) in [5.74, 6) is 0.397. The Morgan fingerprint density at radius 1 is 1.03 bits per heavy atom. The first-order chi connectivity index (χ1) is 16.8. The van der Waals surface area contributed by atoms with Crippen molar-refractivity contribution in [3.63, 3.8) is 0 Å². The lowest BCUT2D eigenvalue weighted by Gasteiger charge is -2.18. The van der Waals surface area contributed by atoms with Crippen LogP contribution in [0.3, 0.4) is 0 Å². The summed E-state index contributed by atoms with van der Waals surface area (Å²) in [4.78, 5) is 16.0. The molecule has 0 aliphatic carbocycles. The van der Waals surface area contributed by atoms with Gasteiger partial charge < -0.3 is 9.47 Å². The Labute approximate surface area is 200 Å². The quantitative estimate of drug-likeness (QED) is 0.362. The Hall–Kier alpha value is -4.20. The second kappa shape index (κ2) is 9.97. The molecule has 0 saturated heterocycles. The number of hydrogen-bond acceptors (Lipinski definition) is 10. The van der Waals surface area contributed by atoms with Crippen LogP contribution in [-0.2, 0) is 16.4 Å². The lowest BCUT2D eigenvalue weighted by molar-refractivity contribution is 0.391. The van der Waals surface area contributed by atoms with E-state index >= 15 is 0 Å². The zero-order valence-corrected chi connectivity index (χ0v) is 19.8. The van der Waals surface area contributed by atoms with Gasteiger partial charge in [-0.25, -0.2) is 27.8 Å². The van der Waals surface area contributed by atoms with Crippen molar-refractivity contribution in [1.82, 2.24) is 34.7 Å². The van der Waals surface area contributed by atoms with Crippen molar-refractivity contribution >= 4 is 16.0 Å². The van der Waals surface area contributed by atoms with Crippen molar-refractivity contribution in [3.8, 4) is 28.7 Å². The highest BCUT2D eigenvalue weighted by Gasteiger charge is 2.28. The molecule has 0 amide bonds. The van der Waals surface area contributed by atoms with Crippen molar-refractivity contribution in [3.05, 3.63) is 60.8 Å². The third kappa shape index (κ3) is 5.01. The van der Waals surface area contributed by atoms with E-state index in [1.165, 1.54) is 44.3 Å². The van der Waals surface area contributed by atoms with Gasteiger partial charge in [0.2, 0.25) is 16.0 Å². The summed E-state index contributed by atoms with van der Waals surface area (Å²) in [6.45, 7) is 1.48. The largest absolute Gasteiger partial charge is 0.494 e. The van der Waals surface area contributed by atoms with Crippen LogP contribution in [0, 0.1) is 5.82 Å². The van der Waals surface area contributed by atoms with E-state index in [0.717, 1.165) is 12.4 Å². The average Bonchev–Trinajstić information content (AvgIpc) is 3.27. The highest BCUT2D eigenvalue weighted by Crippen LogP contribution is 2.37. The van der Waals surface area contributed by atoms with Crippen LogP contribution in [-0.4, -0.2) is 62.6 Å². The van der Waals surface area contributed by atoms with E-state index in [-0.39, 0.29) is 24.0 Å². The van der Waals surface area contributed by atoms with Crippen molar-refractivity contribution in [2.45, 2.75) is 18.6 Å². The Morgan fingerprint density at radius 2 is 1.71 bits per heavy atom. The van der Waals surface area contributed by atoms with Crippen molar-refractivity contribution in [2.24, 2.45) is 0 Å². The van der Waals surface area contributed by atoms with E-state index < -0.39 is 21.1 Å². The van der Waals surface area contributed by atoms with Gasteiger partial charge in [0.15, 0.2) is 11.6 Å².